The number of Topliss-reactive ketones (excluding diaryl/α,β-unsaturated/α-hetero) is 1. The molecule has 0 aliphatic heterocycles. The van der Waals surface area contributed by atoms with Crippen molar-refractivity contribution in [1.29, 1.82) is 0 Å². The largest absolute Gasteiger partial charge is 0.295 e. The topological polar surface area (TPSA) is 64.8 Å². The van der Waals surface area contributed by atoms with Gasteiger partial charge in [-0.2, -0.15) is 0 Å². The summed E-state index contributed by atoms with van der Waals surface area (Å²) in [5.41, 5.74) is 5.21. The van der Waals surface area contributed by atoms with Crippen LogP contribution < -0.4 is 5.56 Å². The number of hydrogen-bond acceptors (Lipinski definition) is 5. The highest BCUT2D eigenvalue weighted by Crippen LogP contribution is 2.34. The van der Waals surface area contributed by atoms with Gasteiger partial charge in [-0.1, -0.05) is 42.5 Å². The van der Waals surface area contributed by atoms with E-state index in [4.69, 9.17) is 4.98 Å². The predicted octanol–water partition coefficient (Wildman–Crippen LogP) is 5.38. The van der Waals surface area contributed by atoms with Crippen molar-refractivity contribution in [3.05, 3.63) is 100 Å². The van der Waals surface area contributed by atoms with E-state index in [9.17, 15) is 9.59 Å². The molecule has 2 aromatic heterocycles. The van der Waals surface area contributed by atoms with Gasteiger partial charge in [0.2, 0.25) is 0 Å². The summed E-state index contributed by atoms with van der Waals surface area (Å²) in [4.78, 5) is 35.5. The summed E-state index contributed by atoms with van der Waals surface area (Å²) in [5, 5.41) is 0.535. The Morgan fingerprint density at radius 1 is 0.903 bits per heavy atom. The molecule has 0 aliphatic rings. The first-order valence-electron chi connectivity index (χ1n) is 9.76. The molecule has 6 heteroatoms. The standard InChI is InChI=1S/C25H17N3O2S/c1-16(29)17-11-13-19(14-12-17)28-24(27-21-10-6-5-9-20(21)25(28)30)23-22(26-15-31-23)18-7-3-2-4-8-18/h2-15H,1H3. The predicted molar refractivity (Wildman–Crippen MR) is 124 cm³/mol. The second-order valence-electron chi connectivity index (χ2n) is 7.09. The first kappa shape index (κ1) is 19.1. The lowest BCUT2D eigenvalue weighted by Crippen LogP contribution is -2.22. The quantitative estimate of drug-likeness (QED) is 0.364. The van der Waals surface area contributed by atoms with Crippen LogP contribution in [0.3, 0.4) is 0 Å². The number of rotatable bonds is 4. The molecule has 5 rings (SSSR count). The van der Waals surface area contributed by atoms with E-state index >= 15 is 0 Å². The van der Waals surface area contributed by atoms with Gasteiger partial charge in [-0.05, 0) is 43.3 Å². The van der Waals surface area contributed by atoms with E-state index in [0.29, 0.717) is 28.0 Å². The zero-order chi connectivity index (χ0) is 21.4. The van der Waals surface area contributed by atoms with Gasteiger partial charge < -0.3 is 0 Å². The number of thiazole rings is 1. The summed E-state index contributed by atoms with van der Waals surface area (Å²) in [6, 6.07) is 24.2. The van der Waals surface area contributed by atoms with Crippen LogP contribution in [0.1, 0.15) is 17.3 Å². The lowest BCUT2D eigenvalue weighted by molar-refractivity contribution is 0.101. The highest BCUT2D eigenvalue weighted by molar-refractivity contribution is 7.13. The van der Waals surface area contributed by atoms with Gasteiger partial charge in [0, 0.05) is 11.1 Å². The van der Waals surface area contributed by atoms with Crippen molar-refractivity contribution >= 4 is 28.0 Å². The number of carbonyl (C=O) groups is 1. The van der Waals surface area contributed by atoms with E-state index in [-0.39, 0.29) is 11.3 Å². The van der Waals surface area contributed by atoms with Gasteiger partial charge >= 0.3 is 0 Å². The van der Waals surface area contributed by atoms with Crippen LogP contribution in [0.4, 0.5) is 0 Å². The van der Waals surface area contributed by atoms with Gasteiger partial charge in [0.05, 0.1) is 32.7 Å². The molecule has 0 aliphatic carbocycles. The van der Waals surface area contributed by atoms with Gasteiger partial charge in [0.25, 0.3) is 5.56 Å². The molecule has 31 heavy (non-hydrogen) atoms. The Balaban J connectivity index is 1.81. The lowest BCUT2D eigenvalue weighted by atomic mass is 10.1. The Labute approximate surface area is 182 Å². The minimum Gasteiger partial charge on any atom is -0.295 e. The molecule has 0 fully saturated rings. The summed E-state index contributed by atoms with van der Waals surface area (Å²) in [6.45, 7) is 1.52. The molecule has 3 aromatic carbocycles. The van der Waals surface area contributed by atoms with Crippen molar-refractivity contribution in [2.45, 2.75) is 6.92 Å². The van der Waals surface area contributed by atoms with Crippen molar-refractivity contribution in [3.63, 3.8) is 0 Å². The fraction of sp³-hybridized carbons (Fsp3) is 0.0400. The van der Waals surface area contributed by atoms with E-state index < -0.39 is 0 Å². The fourth-order valence-electron chi connectivity index (χ4n) is 3.58. The number of ketones is 1. The maximum absolute atomic E-state index is 13.6. The normalized spacial score (nSPS) is 11.0. The Hall–Kier alpha value is -3.90. The van der Waals surface area contributed by atoms with Crippen molar-refractivity contribution in [3.8, 4) is 27.6 Å². The first-order chi connectivity index (χ1) is 15.1. The van der Waals surface area contributed by atoms with Crippen LogP contribution in [0.5, 0.6) is 0 Å². The third-order valence-electron chi connectivity index (χ3n) is 5.13. The maximum atomic E-state index is 13.6. The summed E-state index contributed by atoms with van der Waals surface area (Å²) in [6.07, 6.45) is 0. The molecule has 150 valence electrons. The van der Waals surface area contributed by atoms with Gasteiger partial charge in [-0.15, -0.1) is 11.3 Å². The van der Waals surface area contributed by atoms with Crippen LogP contribution in [-0.4, -0.2) is 20.3 Å². The number of benzene rings is 3. The van der Waals surface area contributed by atoms with Crippen LogP contribution in [0.2, 0.25) is 0 Å². The first-order valence-corrected chi connectivity index (χ1v) is 10.6. The van der Waals surface area contributed by atoms with E-state index in [1.54, 1.807) is 40.4 Å². The van der Waals surface area contributed by atoms with E-state index in [1.807, 2.05) is 48.5 Å². The molecule has 5 nitrogen and oxygen atoms in total. The second-order valence-corrected chi connectivity index (χ2v) is 7.95. The average molecular weight is 423 g/mol. The molecule has 0 saturated carbocycles. The highest BCUT2D eigenvalue weighted by Gasteiger charge is 2.20. The van der Waals surface area contributed by atoms with Crippen LogP contribution in [0.15, 0.2) is 89.2 Å². The van der Waals surface area contributed by atoms with Gasteiger partial charge in [0.1, 0.15) is 0 Å². The number of aromatic nitrogens is 3. The van der Waals surface area contributed by atoms with Crippen molar-refractivity contribution < 1.29 is 4.79 Å². The number of carbonyl (C=O) groups excluding carboxylic acids is 1. The second kappa shape index (κ2) is 7.74. The molecular weight excluding hydrogens is 406 g/mol. The Kier molecular flexibility index (Phi) is 4.76. The van der Waals surface area contributed by atoms with Crippen molar-refractivity contribution in [2.24, 2.45) is 0 Å². The fourth-order valence-corrected chi connectivity index (χ4v) is 4.36. The monoisotopic (exact) mass is 423 g/mol. The number of fused-ring (bicyclic) bond motifs is 1. The average Bonchev–Trinajstić information content (AvgIpc) is 3.29. The summed E-state index contributed by atoms with van der Waals surface area (Å²) in [5.74, 6) is 0.505. The molecule has 0 saturated heterocycles. The number of hydrogen-bond donors (Lipinski definition) is 0. The van der Waals surface area contributed by atoms with Gasteiger partial charge in [-0.25, -0.2) is 9.97 Å². The van der Waals surface area contributed by atoms with Crippen LogP contribution >= 0.6 is 11.3 Å². The molecule has 0 unspecified atom stereocenters. The Morgan fingerprint density at radius 3 is 2.35 bits per heavy atom. The van der Waals surface area contributed by atoms with Crippen LogP contribution in [0, 0.1) is 0 Å². The number of para-hydroxylation sites is 1. The van der Waals surface area contributed by atoms with Crippen molar-refractivity contribution in [2.75, 3.05) is 0 Å². The van der Waals surface area contributed by atoms with Crippen LogP contribution in [-0.2, 0) is 0 Å². The molecule has 0 radical (unpaired) electrons. The van der Waals surface area contributed by atoms with Crippen molar-refractivity contribution in [1.82, 2.24) is 14.5 Å². The molecule has 0 spiro atoms. The summed E-state index contributed by atoms with van der Waals surface area (Å²) >= 11 is 1.44. The molecule has 0 amide bonds. The summed E-state index contributed by atoms with van der Waals surface area (Å²) in [7, 11) is 0. The maximum Gasteiger partial charge on any atom is 0.266 e. The highest BCUT2D eigenvalue weighted by atomic mass is 32.1. The molecule has 2 heterocycles. The zero-order valence-electron chi connectivity index (χ0n) is 16.6. The van der Waals surface area contributed by atoms with E-state index in [0.717, 1.165) is 16.1 Å². The molecule has 0 atom stereocenters. The van der Waals surface area contributed by atoms with Gasteiger partial charge in [-0.3, -0.25) is 14.2 Å². The third kappa shape index (κ3) is 3.37. The number of nitrogens with zero attached hydrogens (tertiary/aromatic N) is 3. The minimum absolute atomic E-state index is 0.0235. The van der Waals surface area contributed by atoms with E-state index in [2.05, 4.69) is 4.98 Å². The molecule has 5 aromatic rings. The molecule has 0 bridgehead atoms. The van der Waals surface area contributed by atoms with Crippen LogP contribution in [0.25, 0.3) is 38.5 Å². The SMILES string of the molecule is CC(=O)c1ccc(-n2c(-c3scnc3-c3ccccc3)nc3ccccc3c2=O)cc1. The Bertz CT molecular complexity index is 1470. The van der Waals surface area contributed by atoms with Gasteiger partial charge in [0.15, 0.2) is 11.6 Å². The van der Waals surface area contributed by atoms with E-state index in [1.165, 1.54) is 18.3 Å². The Morgan fingerprint density at radius 2 is 1.61 bits per heavy atom. The summed E-state index contributed by atoms with van der Waals surface area (Å²) < 4.78 is 1.60. The smallest absolute Gasteiger partial charge is 0.266 e. The molecular formula is C25H17N3O2S. The molecule has 0 N–H and O–H groups in total. The minimum atomic E-state index is -0.163. The lowest BCUT2D eigenvalue weighted by Gasteiger charge is -2.14. The zero-order valence-corrected chi connectivity index (χ0v) is 17.5. The third-order valence-corrected chi connectivity index (χ3v) is 5.95.